The predicted molar refractivity (Wildman–Crippen MR) is 74.2 cm³/mol. The lowest BCUT2D eigenvalue weighted by Gasteiger charge is -2.13. The molecule has 1 aliphatic rings. The molecule has 0 unspecified atom stereocenters. The Bertz CT molecular complexity index is 526. The number of nitrogens with zero attached hydrogens (tertiary/aromatic N) is 2. The van der Waals surface area contributed by atoms with Crippen LogP contribution in [0.25, 0.3) is 5.69 Å². The second-order valence-electron chi connectivity index (χ2n) is 4.92. The number of imidazole rings is 1. The normalized spacial score (nSPS) is 14.7. The van der Waals surface area contributed by atoms with Crippen LogP contribution >= 0.6 is 0 Å². The predicted octanol–water partition coefficient (Wildman–Crippen LogP) is 3.40. The van der Waals surface area contributed by atoms with E-state index in [9.17, 15) is 0 Å². The average molecular weight is 241 g/mol. The van der Waals surface area contributed by atoms with Crippen molar-refractivity contribution in [2.75, 3.05) is 5.32 Å². The van der Waals surface area contributed by atoms with E-state index in [1.807, 2.05) is 12.4 Å². The van der Waals surface area contributed by atoms with Gasteiger partial charge in [-0.05, 0) is 30.9 Å². The molecule has 0 aliphatic heterocycles. The highest BCUT2D eigenvalue weighted by Crippen LogP contribution is 2.26. The summed E-state index contributed by atoms with van der Waals surface area (Å²) in [6.07, 6.45) is 8.72. The van der Waals surface area contributed by atoms with E-state index in [1.54, 1.807) is 0 Å². The van der Waals surface area contributed by atoms with Crippen LogP contribution in [-0.2, 0) is 6.42 Å². The number of benzene rings is 1. The van der Waals surface area contributed by atoms with Crippen molar-refractivity contribution in [3.05, 3.63) is 42.2 Å². The molecular formula is C15H19N3. The van der Waals surface area contributed by atoms with Crippen LogP contribution in [0.2, 0.25) is 0 Å². The minimum absolute atomic E-state index is 0.629. The monoisotopic (exact) mass is 241 g/mol. The van der Waals surface area contributed by atoms with E-state index < -0.39 is 0 Å². The first-order valence-corrected chi connectivity index (χ1v) is 6.76. The molecule has 1 fully saturated rings. The van der Waals surface area contributed by atoms with Crippen molar-refractivity contribution in [2.24, 2.45) is 0 Å². The molecule has 0 amide bonds. The quantitative estimate of drug-likeness (QED) is 0.869. The summed E-state index contributed by atoms with van der Waals surface area (Å²) in [6, 6.07) is 9.21. The first-order valence-electron chi connectivity index (χ1n) is 6.76. The van der Waals surface area contributed by atoms with Crippen LogP contribution in [0.1, 0.15) is 31.7 Å². The van der Waals surface area contributed by atoms with E-state index in [0.29, 0.717) is 6.04 Å². The van der Waals surface area contributed by atoms with Gasteiger partial charge in [0.05, 0.1) is 5.69 Å². The lowest BCUT2D eigenvalue weighted by Crippen LogP contribution is -2.09. The summed E-state index contributed by atoms with van der Waals surface area (Å²) in [6.45, 7) is 2.22. The van der Waals surface area contributed by atoms with Gasteiger partial charge in [0.1, 0.15) is 0 Å². The van der Waals surface area contributed by atoms with Crippen molar-refractivity contribution >= 4 is 5.95 Å². The molecule has 1 aliphatic carbocycles. The number of aromatic nitrogens is 2. The lowest BCUT2D eigenvalue weighted by atomic mass is 10.1. The van der Waals surface area contributed by atoms with E-state index in [2.05, 4.69) is 46.1 Å². The Hall–Kier alpha value is -1.77. The maximum Gasteiger partial charge on any atom is 0.207 e. The smallest absolute Gasteiger partial charge is 0.207 e. The first kappa shape index (κ1) is 11.3. The van der Waals surface area contributed by atoms with E-state index in [1.165, 1.54) is 24.1 Å². The van der Waals surface area contributed by atoms with Gasteiger partial charge >= 0.3 is 0 Å². The zero-order chi connectivity index (χ0) is 12.4. The molecule has 0 spiro atoms. The van der Waals surface area contributed by atoms with Crippen molar-refractivity contribution in [3.8, 4) is 5.69 Å². The number of para-hydroxylation sites is 1. The molecule has 0 atom stereocenters. The zero-order valence-electron chi connectivity index (χ0n) is 10.8. The highest BCUT2D eigenvalue weighted by Gasteiger charge is 2.23. The highest BCUT2D eigenvalue weighted by molar-refractivity contribution is 5.48. The van der Waals surface area contributed by atoms with Crippen LogP contribution in [0, 0.1) is 0 Å². The molecule has 94 valence electrons. The van der Waals surface area contributed by atoms with Gasteiger partial charge in [-0.1, -0.05) is 31.5 Å². The minimum atomic E-state index is 0.629. The van der Waals surface area contributed by atoms with Crippen molar-refractivity contribution < 1.29 is 0 Å². The maximum atomic E-state index is 4.43. The van der Waals surface area contributed by atoms with E-state index in [4.69, 9.17) is 0 Å². The Morgan fingerprint density at radius 2 is 2.17 bits per heavy atom. The van der Waals surface area contributed by atoms with Crippen LogP contribution in [0.3, 0.4) is 0 Å². The summed E-state index contributed by atoms with van der Waals surface area (Å²) in [5.74, 6) is 0.973. The largest absolute Gasteiger partial charge is 0.353 e. The van der Waals surface area contributed by atoms with E-state index >= 15 is 0 Å². The van der Waals surface area contributed by atoms with Gasteiger partial charge in [0.2, 0.25) is 5.95 Å². The molecule has 3 rings (SSSR count). The van der Waals surface area contributed by atoms with Gasteiger partial charge in [0, 0.05) is 18.4 Å². The molecule has 3 heteroatoms. The van der Waals surface area contributed by atoms with Crippen LogP contribution in [0.15, 0.2) is 36.7 Å². The van der Waals surface area contributed by atoms with Gasteiger partial charge in [-0.2, -0.15) is 0 Å². The summed E-state index contributed by atoms with van der Waals surface area (Å²) >= 11 is 0. The fourth-order valence-electron chi connectivity index (χ4n) is 2.24. The molecule has 1 N–H and O–H groups in total. The van der Waals surface area contributed by atoms with Gasteiger partial charge in [0.25, 0.3) is 0 Å². The standard InChI is InChI=1S/C15H19N3/c1-2-5-12-6-3-4-7-14(12)18-11-10-16-15(18)17-13-8-9-13/h3-4,6-7,10-11,13H,2,5,8-9H2,1H3,(H,16,17). The van der Waals surface area contributed by atoms with Gasteiger partial charge in [0.15, 0.2) is 0 Å². The number of hydrogen-bond donors (Lipinski definition) is 1. The van der Waals surface area contributed by atoms with Gasteiger partial charge in [-0.25, -0.2) is 4.98 Å². The molecule has 1 aromatic carbocycles. The third kappa shape index (κ3) is 2.26. The Morgan fingerprint density at radius 1 is 1.33 bits per heavy atom. The second-order valence-corrected chi connectivity index (χ2v) is 4.92. The summed E-state index contributed by atoms with van der Waals surface area (Å²) in [4.78, 5) is 4.43. The van der Waals surface area contributed by atoms with Crippen molar-refractivity contribution in [1.29, 1.82) is 0 Å². The molecule has 1 heterocycles. The molecule has 0 radical (unpaired) electrons. The van der Waals surface area contributed by atoms with Gasteiger partial charge < -0.3 is 5.32 Å². The van der Waals surface area contributed by atoms with Crippen LogP contribution in [-0.4, -0.2) is 15.6 Å². The Labute approximate surface area is 108 Å². The Kier molecular flexibility index (Phi) is 3.05. The number of rotatable bonds is 5. The zero-order valence-corrected chi connectivity index (χ0v) is 10.8. The molecule has 18 heavy (non-hydrogen) atoms. The lowest BCUT2D eigenvalue weighted by molar-refractivity contribution is 0.896. The van der Waals surface area contributed by atoms with Gasteiger partial charge in [-0.3, -0.25) is 4.57 Å². The fourth-order valence-corrected chi connectivity index (χ4v) is 2.24. The molecule has 0 bridgehead atoms. The summed E-state index contributed by atoms with van der Waals surface area (Å²) < 4.78 is 2.17. The van der Waals surface area contributed by atoms with E-state index in [-0.39, 0.29) is 0 Å². The topological polar surface area (TPSA) is 29.9 Å². The molecular weight excluding hydrogens is 222 g/mol. The number of anilines is 1. The number of hydrogen-bond acceptors (Lipinski definition) is 2. The third-order valence-electron chi connectivity index (χ3n) is 3.32. The maximum absolute atomic E-state index is 4.43. The fraction of sp³-hybridized carbons (Fsp3) is 0.400. The minimum Gasteiger partial charge on any atom is -0.353 e. The average Bonchev–Trinajstić information content (AvgIpc) is 3.08. The Balaban J connectivity index is 1.95. The second kappa shape index (κ2) is 4.84. The SMILES string of the molecule is CCCc1ccccc1-n1ccnc1NC1CC1. The van der Waals surface area contributed by atoms with Crippen LogP contribution in [0.4, 0.5) is 5.95 Å². The first-order chi connectivity index (χ1) is 8.88. The molecule has 2 aromatic rings. The van der Waals surface area contributed by atoms with E-state index in [0.717, 1.165) is 18.8 Å². The van der Waals surface area contributed by atoms with Crippen molar-refractivity contribution in [1.82, 2.24) is 9.55 Å². The molecule has 3 nitrogen and oxygen atoms in total. The summed E-state index contributed by atoms with van der Waals surface area (Å²) in [5, 5.41) is 3.48. The van der Waals surface area contributed by atoms with Crippen molar-refractivity contribution in [3.63, 3.8) is 0 Å². The van der Waals surface area contributed by atoms with Crippen molar-refractivity contribution in [2.45, 2.75) is 38.6 Å². The number of nitrogens with one attached hydrogen (secondary N) is 1. The molecule has 0 saturated heterocycles. The van der Waals surface area contributed by atoms with Gasteiger partial charge in [-0.15, -0.1) is 0 Å². The molecule has 1 saturated carbocycles. The number of aryl methyl sites for hydroxylation is 1. The van der Waals surface area contributed by atoms with Crippen LogP contribution in [0.5, 0.6) is 0 Å². The third-order valence-corrected chi connectivity index (χ3v) is 3.32. The van der Waals surface area contributed by atoms with Crippen LogP contribution < -0.4 is 5.32 Å². The Morgan fingerprint density at radius 3 is 2.94 bits per heavy atom. The summed E-state index contributed by atoms with van der Waals surface area (Å²) in [5.41, 5.74) is 2.64. The summed E-state index contributed by atoms with van der Waals surface area (Å²) in [7, 11) is 0. The molecule has 1 aromatic heterocycles. The highest BCUT2D eigenvalue weighted by atomic mass is 15.2.